The fraction of sp³-hybridized carbons (Fsp3) is 0.500. The monoisotopic (exact) mass is 349 g/mol. The first-order chi connectivity index (χ1) is 7.54. The first-order valence-electron chi connectivity index (χ1n) is 5.34. The molecule has 1 aromatic rings. The molecule has 0 bridgehead atoms. The van der Waals surface area contributed by atoms with Crippen LogP contribution >= 0.6 is 31.9 Å². The highest BCUT2D eigenvalue weighted by Gasteiger charge is 2.09. The van der Waals surface area contributed by atoms with Gasteiger partial charge in [0, 0.05) is 21.6 Å². The van der Waals surface area contributed by atoms with Crippen LogP contribution in [0.1, 0.15) is 19.4 Å². The molecule has 0 aliphatic carbocycles. The predicted molar refractivity (Wildman–Crippen MR) is 76.2 cm³/mol. The Kier molecular flexibility index (Phi) is 5.79. The van der Waals surface area contributed by atoms with Gasteiger partial charge in [-0.05, 0) is 70.3 Å². The normalized spacial score (nSPS) is 12.6. The van der Waals surface area contributed by atoms with E-state index < -0.39 is 0 Å². The Morgan fingerprint density at radius 1 is 1.31 bits per heavy atom. The topological polar surface area (TPSA) is 21.3 Å². The van der Waals surface area contributed by atoms with Crippen LogP contribution in [0.3, 0.4) is 0 Å². The third-order valence-corrected chi connectivity index (χ3v) is 3.40. The van der Waals surface area contributed by atoms with E-state index >= 15 is 0 Å². The minimum atomic E-state index is 0.287. The number of benzene rings is 1. The molecular weight excluding hydrogens is 334 g/mol. The van der Waals surface area contributed by atoms with E-state index in [-0.39, 0.29) is 6.04 Å². The number of ether oxygens (including phenoxy) is 1. The molecule has 1 aromatic carbocycles. The predicted octanol–water partition coefficient (Wildman–Crippen LogP) is 4.36. The third-order valence-electron chi connectivity index (χ3n) is 2.15. The summed E-state index contributed by atoms with van der Waals surface area (Å²) in [5.74, 6) is 0. The molecular formula is C12H17Br2NO. The second-order valence-electron chi connectivity index (χ2n) is 3.81. The van der Waals surface area contributed by atoms with Gasteiger partial charge in [-0.25, -0.2) is 0 Å². The third kappa shape index (κ3) is 4.07. The van der Waals surface area contributed by atoms with Crippen molar-refractivity contribution in [3.05, 3.63) is 26.6 Å². The zero-order chi connectivity index (χ0) is 12.1. The van der Waals surface area contributed by atoms with Gasteiger partial charge >= 0.3 is 0 Å². The molecule has 0 amide bonds. The van der Waals surface area contributed by atoms with E-state index in [1.165, 1.54) is 5.56 Å². The molecule has 0 aliphatic rings. The summed E-state index contributed by atoms with van der Waals surface area (Å²) in [6, 6.07) is 4.48. The molecule has 0 spiro atoms. The summed E-state index contributed by atoms with van der Waals surface area (Å²) < 4.78 is 7.52. The van der Waals surface area contributed by atoms with Gasteiger partial charge in [0.15, 0.2) is 0 Å². The Morgan fingerprint density at radius 3 is 2.38 bits per heavy atom. The molecule has 0 heterocycles. The van der Waals surface area contributed by atoms with E-state index in [1.54, 1.807) is 0 Å². The molecule has 0 aromatic heterocycles. The van der Waals surface area contributed by atoms with Crippen LogP contribution in [0.15, 0.2) is 21.1 Å². The van der Waals surface area contributed by atoms with Gasteiger partial charge in [-0.2, -0.15) is 0 Å². The highest BCUT2D eigenvalue weighted by Crippen LogP contribution is 2.32. The molecule has 0 fully saturated rings. The van der Waals surface area contributed by atoms with Gasteiger partial charge in [-0.15, -0.1) is 0 Å². The van der Waals surface area contributed by atoms with Crippen molar-refractivity contribution in [3.63, 3.8) is 0 Å². The van der Waals surface area contributed by atoms with Crippen molar-refractivity contribution in [1.29, 1.82) is 0 Å². The van der Waals surface area contributed by atoms with Crippen molar-refractivity contribution in [3.8, 4) is 0 Å². The van der Waals surface area contributed by atoms with Gasteiger partial charge in [0.05, 0.1) is 12.3 Å². The first kappa shape index (κ1) is 14.0. The van der Waals surface area contributed by atoms with Crippen LogP contribution in [-0.4, -0.2) is 19.3 Å². The summed E-state index contributed by atoms with van der Waals surface area (Å²) in [4.78, 5) is 0. The maximum atomic E-state index is 5.38. The summed E-state index contributed by atoms with van der Waals surface area (Å²) >= 11 is 7.12. The first-order valence-corrected chi connectivity index (χ1v) is 6.93. The highest BCUT2D eigenvalue weighted by atomic mass is 79.9. The van der Waals surface area contributed by atoms with Crippen LogP contribution in [0.2, 0.25) is 0 Å². The second-order valence-corrected chi connectivity index (χ2v) is 5.52. The molecule has 1 N–H and O–H groups in total. The average Bonchev–Trinajstić information content (AvgIpc) is 2.20. The molecule has 1 rings (SSSR count). The van der Waals surface area contributed by atoms with Gasteiger partial charge < -0.3 is 10.1 Å². The minimum Gasteiger partial charge on any atom is -0.380 e. The van der Waals surface area contributed by atoms with E-state index in [9.17, 15) is 0 Å². The molecule has 0 aliphatic heterocycles. The Morgan fingerprint density at radius 2 is 1.88 bits per heavy atom. The van der Waals surface area contributed by atoms with Crippen LogP contribution in [0.5, 0.6) is 0 Å². The van der Waals surface area contributed by atoms with Crippen LogP contribution in [0.25, 0.3) is 0 Å². The summed E-state index contributed by atoms with van der Waals surface area (Å²) in [6.45, 7) is 7.65. The van der Waals surface area contributed by atoms with E-state index in [2.05, 4.69) is 63.2 Å². The smallest absolute Gasteiger partial charge is 0.0664 e. The quantitative estimate of drug-likeness (QED) is 0.851. The van der Waals surface area contributed by atoms with Crippen LogP contribution < -0.4 is 5.32 Å². The Bertz CT molecular complexity index is 332. The number of hydrogen-bond donors (Lipinski definition) is 1. The van der Waals surface area contributed by atoms with Gasteiger partial charge in [-0.1, -0.05) is 0 Å². The van der Waals surface area contributed by atoms with Crippen LogP contribution in [0.4, 0.5) is 5.69 Å². The van der Waals surface area contributed by atoms with Gasteiger partial charge in [0.1, 0.15) is 0 Å². The van der Waals surface area contributed by atoms with E-state index in [0.29, 0.717) is 6.61 Å². The van der Waals surface area contributed by atoms with Crippen molar-refractivity contribution >= 4 is 37.5 Å². The van der Waals surface area contributed by atoms with E-state index in [0.717, 1.165) is 21.2 Å². The van der Waals surface area contributed by atoms with Crippen LogP contribution in [0, 0.1) is 6.92 Å². The molecule has 16 heavy (non-hydrogen) atoms. The molecule has 4 heteroatoms. The maximum absolute atomic E-state index is 5.38. The largest absolute Gasteiger partial charge is 0.380 e. The van der Waals surface area contributed by atoms with Gasteiger partial charge in [0.2, 0.25) is 0 Å². The Balaban J connectivity index is 2.73. The zero-order valence-corrected chi connectivity index (χ0v) is 13.0. The van der Waals surface area contributed by atoms with E-state index in [4.69, 9.17) is 4.74 Å². The highest BCUT2D eigenvalue weighted by molar-refractivity contribution is 9.11. The minimum absolute atomic E-state index is 0.287. The maximum Gasteiger partial charge on any atom is 0.0664 e. The fourth-order valence-electron chi connectivity index (χ4n) is 1.42. The van der Waals surface area contributed by atoms with Gasteiger partial charge in [-0.3, -0.25) is 0 Å². The number of halogens is 2. The van der Waals surface area contributed by atoms with Crippen molar-refractivity contribution in [1.82, 2.24) is 0 Å². The summed E-state index contributed by atoms with van der Waals surface area (Å²) in [5.41, 5.74) is 2.31. The molecule has 90 valence electrons. The van der Waals surface area contributed by atoms with Crippen molar-refractivity contribution in [2.75, 3.05) is 18.5 Å². The van der Waals surface area contributed by atoms with Crippen molar-refractivity contribution < 1.29 is 4.74 Å². The second kappa shape index (κ2) is 6.62. The van der Waals surface area contributed by atoms with E-state index in [1.807, 2.05) is 6.92 Å². The molecule has 0 saturated carbocycles. The molecule has 0 radical (unpaired) electrons. The summed E-state index contributed by atoms with van der Waals surface area (Å²) in [5, 5.41) is 3.42. The molecule has 1 atom stereocenters. The fourth-order valence-corrected chi connectivity index (χ4v) is 3.06. The molecule has 0 saturated heterocycles. The number of anilines is 1. The number of nitrogens with one attached hydrogen (secondary N) is 1. The lowest BCUT2D eigenvalue weighted by Crippen LogP contribution is -2.22. The van der Waals surface area contributed by atoms with Crippen molar-refractivity contribution in [2.45, 2.75) is 26.8 Å². The Labute approximate surface area is 114 Å². The number of aryl methyl sites for hydroxylation is 1. The average molecular weight is 351 g/mol. The Hall–Kier alpha value is -0.0600. The van der Waals surface area contributed by atoms with Crippen molar-refractivity contribution in [2.24, 2.45) is 0 Å². The SMILES string of the molecule is CCOCC(C)Nc1c(Br)cc(C)cc1Br. The summed E-state index contributed by atoms with van der Waals surface area (Å²) in [7, 11) is 0. The number of hydrogen-bond acceptors (Lipinski definition) is 2. The molecule has 1 unspecified atom stereocenters. The van der Waals surface area contributed by atoms with Crippen LogP contribution in [-0.2, 0) is 4.74 Å². The standard InChI is InChI=1S/C12H17Br2NO/c1-4-16-7-9(3)15-12-10(13)5-8(2)6-11(12)14/h5-6,9,15H,4,7H2,1-3H3. The zero-order valence-electron chi connectivity index (χ0n) is 9.81. The summed E-state index contributed by atoms with van der Waals surface area (Å²) in [6.07, 6.45) is 0. The lowest BCUT2D eigenvalue weighted by Gasteiger charge is -2.18. The van der Waals surface area contributed by atoms with Gasteiger partial charge in [0.25, 0.3) is 0 Å². The lowest BCUT2D eigenvalue weighted by atomic mass is 10.2. The lowest BCUT2D eigenvalue weighted by molar-refractivity contribution is 0.141. The number of rotatable bonds is 5. The molecule has 2 nitrogen and oxygen atoms in total.